The van der Waals surface area contributed by atoms with Gasteiger partial charge in [0.2, 0.25) is 5.91 Å². The number of benzene rings is 1. The number of carbonyl (C=O) groups excluding carboxylic acids is 1. The number of anilines is 1. The topological polar surface area (TPSA) is 78.3 Å². The maximum Gasteiger partial charge on any atom is 0.231 e. The smallest absolute Gasteiger partial charge is 0.231 e. The molecule has 0 atom stereocenters. The summed E-state index contributed by atoms with van der Waals surface area (Å²) in [5.41, 5.74) is 1.67. The molecule has 1 fully saturated rings. The molecule has 0 bridgehead atoms. The van der Waals surface area contributed by atoms with Crippen molar-refractivity contribution in [2.24, 2.45) is 0 Å². The minimum absolute atomic E-state index is 0.0864. The molecule has 1 aromatic carbocycles. The van der Waals surface area contributed by atoms with Gasteiger partial charge in [0.05, 0.1) is 38.6 Å². The molecule has 0 unspecified atom stereocenters. The molecule has 1 N–H and O–H groups in total. The average Bonchev–Trinajstić information content (AvgIpc) is 3.43. The number of nitrogens with one attached hydrogen (secondary N) is 1. The Morgan fingerprint density at radius 3 is 2.73 bits per heavy atom. The molecule has 3 aromatic rings. The Balaban J connectivity index is 1.42. The highest BCUT2D eigenvalue weighted by Crippen LogP contribution is 2.34. The van der Waals surface area contributed by atoms with Gasteiger partial charge in [0.25, 0.3) is 0 Å². The normalized spacial score (nSPS) is 14.5. The largest absolute Gasteiger partial charge is 0.493 e. The summed E-state index contributed by atoms with van der Waals surface area (Å²) in [6.45, 7) is 0. The minimum atomic E-state index is -0.0864. The predicted octanol–water partition coefficient (Wildman–Crippen LogP) is 4.71. The number of rotatable bonds is 7. The first-order valence-corrected chi connectivity index (χ1v) is 11.1. The standard InChI is InChI=1S/C22H26N4O3S/c1-28-18-9-8-15(12-19(18)29-2)22-24-16(14-30-22)13-21(27)25-20-10-11-23-26(20)17-6-4-3-5-7-17/h8-12,14,17H,3-7,13H2,1-2H3,(H,25,27). The Labute approximate surface area is 180 Å². The van der Waals surface area contributed by atoms with E-state index in [4.69, 9.17) is 9.47 Å². The highest BCUT2D eigenvalue weighted by Gasteiger charge is 2.19. The molecule has 0 spiro atoms. The summed E-state index contributed by atoms with van der Waals surface area (Å²) in [7, 11) is 3.22. The predicted molar refractivity (Wildman–Crippen MR) is 117 cm³/mol. The lowest BCUT2D eigenvalue weighted by molar-refractivity contribution is -0.115. The van der Waals surface area contributed by atoms with Crippen molar-refractivity contribution in [3.05, 3.63) is 41.5 Å². The summed E-state index contributed by atoms with van der Waals surface area (Å²) < 4.78 is 12.6. The number of nitrogens with zero attached hydrogens (tertiary/aromatic N) is 3. The zero-order valence-electron chi connectivity index (χ0n) is 17.3. The molecule has 0 aliphatic heterocycles. The van der Waals surface area contributed by atoms with Crippen molar-refractivity contribution in [1.29, 1.82) is 0 Å². The third-order valence-corrected chi connectivity index (χ3v) is 6.32. The van der Waals surface area contributed by atoms with Gasteiger partial charge in [-0.05, 0) is 31.0 Å². The second-order valence-electron chi connectivity index (χ2n) is 7.39. The first kappa shape index (κ1) is 20.4. The SMILES string of the molecule is COc1ccc(-c2nc(CC(=O)Nc3ccnn3C3CCCCC3)cs2)cc1OC. The van der Waals surface area contributed by atoms with Crippen LogP contribution >= 0.6 is 11.3 Å². The van der Waals surface area contributed by atoms with Gasteiger partial charge in [0, 0.05) is 17.0 Å². The van der Waals surface area contributed by atoms with Gasteiger partial charge in [-0.15, -0.1) is 11.3 Å². The van der Waals surface area contributed by atoms with E-state index in [0.29, 0.717) is 17.5 Å². The molecule has 0 radical (unpaired) electrons. The van der Waals surface area contributed by atoms with Gasteiger partial charge in [0.1, 0.15) is 10.8 Å². The van der Waals surface area contributed by atoms with Gasteiger partial charge in [-0.25, -0.2) is 9.67 Å². The van der Waals surface area contributed by atoms with Crippen molar-refractivity contribution in [3.63, 3.8) is 0 Å². The fourth-order valence-corrected chi connectivity index (χ4v) is 4.69. The van der Waals surface area contributed by atoms with Crippen molar-refractivity contribution in [2.75, 3.05) is 19.5 Å². The van der Waals surface area contributed by atoms with Crippen molar-refractivity contribution in [1.82, 2.24) is 14.8 Å². The van der Waals surface area contributed by atoms with Crippen LogP contribution in [0.4, 0.5) is 5.82 Å². The summed E-state index contributed by atoms with van der Waals surface area (Å²) in [6.07, 6.45) is 7.93. The third-order valence-electron chi connectivity index (χ3n) is 5.38. The molecule has 1 saturated carbocycles. The van der Waals surface area contributed by atoms with Crippen LogP contribution in [-0.4, -0.2) is 34.9 Å². The molecule has 30 heavy (non-hydrogen) atoms. The summed E-state index contributed by atoms with van der Waals surface area (Å²) >= 11 is 1.51. The van der Waals surface area contributed by atoms with E-state index in [2.05, 4.69) is 15.4 Å². The molecule has 0 saturated heterocycles. The van der Waals surface area contributed by atoms with E-state index in [1.165, 1.54) is 30.6 Å². The first-order chi connectivity index (χ1) is 14.7. The van der Waals surface area contributed by atoms with Crippen LogP contribution in [0.25, 0.3) is 10.6 Å². The first-order valence-electron chi connectivity index (χ1n) is 10.2. The van der Waals surface area contributed by atoms with Crippen molar-refractivity contribution in [2.45, 2.75) is 44.6 Å². The van der Waals surface area contributed by atoms with Crippen LogP contribution < -0.4 is 14.8 Å². The zero-order chi connectivity index (χ0) is 20.9. The number of hydrogen-bond acceptors (Lipinski definition) is 6. The fraction of sp³-hybridized carbons (Fsp3) is 0.409. The number of thiazole rings is 1. The van der Waals surface area contributed by atoms with E-state index >= 15 is 0 Å². The van der Waals surface area contributed by atoms with E-state index in [9.17, 15) is 4.79 Å². The van der Waals surface area contributed by atoms with Crippen LogP contribution in [0.1, 0.15) is 43.8 Å². The van der Waals surface area contributed by atoms with Crippen LogP contribution in [0.2, 0.25) is 0 Å². The summed E-state index contributed by atoms with van der Waals surface area (Å²) in [6, 6.07) is 7.92. The molecule has 158 valence electrons. The Hall–Kier alpha value is -2.87. The Morgan fingerprint density at radius 2 is 1.97 bits per heavy atom. The molecule has 8 heteroatoms. The Bertz CT molecular complexity index is 1010. The van der Waals surface area contributed by atoms with Gasteiger partial charge in [-0.1, -0.05) is 19.3 Å². The number of aromatic nitrogens is 3. The molecule has 1 amide bonds. The summed E-state index contributed by atoms with van der Waals surface area (Å²) in [4.78, 5) is 17.3. The van der Waals surface area contributed by atoms with E-state index in [1.807, 2.05) is 34.3 Å². The van der Waals surface area contributed by atoms with Crippen LogP contribution in [0.3, 0.4) is 0 Å². The second kappa shape index (κ2) is 9.30. The molecule has 4 rings (SSSR count). The maximum absolute atomic E-state index is 12.6. The van der Waals surface area contributed by atoms with E-state index in [1.54, 1.807) is 20.4 Å². The minimum Gasteiger partial charge on any atom is -0.493 e. The lowest BCUT2D eigenvalue weighted by Gasteiger charge is -2.23. The van der Waals surface area contributed by atoms with Gasteiger partial charge >= 0.3 is 0 Å². The van der Waals surface area contributed by atoms with E-state index in [-0.39, 0.29) is 12.3 Å². The quantitative estimate of drug-likeness (QED) is 0.592. The Kier molecular flexibility index (Phi) is 6.32. The van der Waals surface area contributed by atoms with Crippen LogP contribution in [0.5, 0.6) is 11.5 Å². The maximum atomic E-state index is 12.6. The van der Waals surface area contributed by atoms with Crippen molar-refractivity contribution in [3.8, 4) is 22.1 Å². The number of hydrogen-bond donors (Lipinski definition) is 1. The number of methoxy groups -OCH3 is 2. The molecule has 1 aliphatic carbocycles. The lowest BCUT2D eigenvalue weighted by Crippen LogP contribution is -2.21. The van der Waals surface area contributed by atoms with Crippen molar-refractivity contribution >= 4 is 23.1 Å². The molecule has 1 aliphatic rings. The third kappa shape index (κ3) is 4.48. The number of carbonyl (C=O) groups is 1. The van der Waals surface area contributed by atoms with Crippen LogP contribution in [-0.2, 0) is 11.2 Å². The molecule has 7 nitrogen and oxygen atoms in total. The summed E-state index contributed by atoms with van der Waals surface area (Å²) in [5.74, 6) is 2.01. The highest BCUT2D eigenvalue weighted by molar-refractivity contribution is 7.13. The second-order valence-corrected chi connectivity index (χ2v) is 8.25. The lowest BCUT2D eigenvalue weighted by atomic mass is 9.96. The van der Waals surface area contributed by atoms with E-state index < -0.39 is 0 Å². The molecule has 2 heterocycles. The molecular formula is C22H26N4O3S. The van der Waals surface area contributed by atoms with Crippen LogP contribution in [0, 0.1) is 0 Å². The highest BCUT2D eigenvalue weighted by atomic mass is 32.1. The van der Waals surface area contributed by atoms with Crippen LogP contribution in [0.15, 0.2) is 35.8 Å². The van der Waals surface area contributed by atoms with E-state index in [0.717, 1.165) is 34.9 Å². The van der Waals surface area contributed by atoms with Gasteiger partial charge < -0.3 is 14.8 Å². The molecular weight excluding hydrogens is 400 g/mol. The fourth-order valence-electron chi connectivity index (χ4n) is 3.87. The van der Waals surface area contributed by atoms with Gasteiger partial charge in [-0.3, -0.25) is 4.79 Å². The van der Waals surface area contributed by atoms with Crippen molar-refractivity contribution < 1.29 is 14.3 Å². The monoisotopic (exact) mass is 426 g/mol. The average molecular weight is 427 g/mol. The summed E-state index contributed by atoms with van der Waals surface area (Å²) in [5, 5.41) is 10.2. The number of ether oxygens (including phenoxy) is 2. The van der Waals surface area contributed by atoms with Gasteiger partial charge in [0.15, 0.2) is 11.5 Å². The Morgan fingerprint density at radius 1 is 1.17 bits per heavy atom. The number of amides is 1. The molecule has 2 aromatic heterocycles. The van der Waals surface area contributed by atoms with Gasteiger partial charge in [-0.2, -0.15) is 5.10 Å². The zero-order valence-corrected chi connectivity index (χ0v) is 18.1.